The molecule has 0 aromatic heterocycles. The van der Waals surface area contributed by atoms with Gasteiger partial charge in [-0.2, -0.15) is 0 Å². The topological polar surface area (TPSA) is 49.8 Å². The third-order valence-electron chi connectivity index (χ3n) is 2.07. The molecule has 1 unspecified atom stereocenters. The van der Waals surface area contributed by atoms with Gasteiger partial charge in [0.2, 0.25) is 0 Å². The summed E-state index contributed by atoms with van der Waals surface area (Å²) in [5.74, 6) is -0.963. The van der Waals surface area contributed by atoms with E-state index in [4.69, 9.17) is 9.84 Å². The van der Waals surface area contributed by atoms with Gasteiger partial charge < -0.3 is 14.7 Å². The molecule has 0 heterocycles. The number of rotatable bonds is 6. The van der Waals surface area contributed by atoms with Crippen molar-refractivity contribution in [3.8, 4) is 0 Å². The minimum Gasteiger partial charge on any atom is -0.479 e. The summed E-state index contributed by atoms with van der Waals surface area (Å²) >= 11 is 0. The number of carboxylic acid groups (broad SMARTS) is 1. The number of methoxy groups -OCH3 is 1. The number of nitrogens with zero attached hydrogens (tertiary/aromatic N) is 1. The molecule has 16 heavy (non-hydrogen) atoms. The summed E-state index contributed by atoms with van der Waals surface area (Å²) in [7, 11) is 5.37. The highest BCUT2D eigenvalue weighted by molar-refractivity contribution is 5.76. The van der Waals surface area contributed by atoms with E-state index in [0.29, 0.717) is 5.57 Å². The van der Waals surface area contributed by atoms with Crippen molar-refractivity contribution in [3.63, 3.8) is 0 Å². The maximum Gasteiger partial charge on any atom is 0.337 e. The van der Waals surface area contributed by atoms with Crippen LogP contribution in [-0.2, 0) is 9.53 Å². The number of allylic oxidation sites excluding steroid dienone is 2. The maximum absolute atomic E-state index is 10.8. The summed E-state index contributed by atoms with van der Waals surface area (Å²) in [6, 6.07) is 0. The Morgan fingerprint density at radius 1 is 1.38 bits per heavy atom. The molecule has 1 N–H and O–H groups in total. The Morgan fingerprint density at radius 2 is 1.94 bits per heavy atom. The lowest BCUT2D eigenvalue weighted by Gasteiger charge is -2.11. The standard InChI is InChI=1S/C12H21NO3/c1-9(8-13(3)4)6-7-10(2)11(16-5)12(14)15/h6-7,11H,8H2,1-5H3,(H,14,15)/b9-6+,10-7+. The Balaban J connectivity index is 4.58. The van der Waals surface area contributed by atoms with Gasteiger partial charge in [-0.15, -0.1) is 0 Å². The van der Waals surface area contributed by atoms with Crippen molar-refractivity contribution >= 4 is 5.97 Å². The van der Waals surface area contributed by atoms with Gasteiger partial charge in [-0.3, -0.25) is 0 Å². The van der Waals surface area contributed by atoms with Crippen LogP contribution in [0.25, 0.3) is 0 Å². The fourth-order valence-corrected chi connectivity index (χ4v) is 1.39. The van der Waals surface area contributed by atoms with Crippen LogP contribution in [0.15, 0.2) is 23.3 Å². The van der Waals surface area contributed by atoms with E-state index in [1.165, 1.54) is 12.7 Å². The van der Waals surface area contributed by atoms with Crippen molar-refractivity contribution in [1.82, 2.24) is 4.90 Å². The summed E-state index contributed by atoms with van der Waals surface area (Å²) in [6.45, 7) is 4.61. The summed E-state index contributed by atoms with van der Waals surface area (Å²) in [5.41, 5.74) is 1.86. The molecule has 1 atom stereocenters. The number of likely N-dealkylation sites (N-methyl/N-ethyl adjacent to an activating group) is 1. The molecule has 4 nitrogen and oxygen atoms in total. The summed E-state index contributed by atoms with van der Waals surface area (Å²) in [6.07, 6.45) is 2.86. The number of ether oxygens (including phenoxy) is 1. The van der Waals surface area contributed by atoms with Gasteiger partial charge >= 0.3 is 5.97 Å². The molecule has 0 aromatic carbocycles. The highest BCUT2D eigenvalue weighted by Crippen LogP contribution is 2.07. The lowest BCUT2D eigenvalue weighted by atomic mass is 10.1. The summed E-state index contributed by atoms with van der Waals surface area (Å²) < 4.78 is 4.88. The second-order valence-corrected chi connectivity index (χ2v) is 4.12. The Labute approximate surface area is 97.2 Å². The van der Waals surface area contributed by atoms with Crippen LogP contribution in [0.4, 0.5) is 0 Å². The Morgan fingerprint density at radius 3 is 2.31 bits per heavy atom. The highest BCUT2D eigenvalue weighted by atomic mass is 16.5. The number of aliphatic carboxylic acids is 1. The van der Waals surface area contributed by atoms with Crippen LogP contribution in [0, 0.1) is 0 Å². The smallest absolute Gasteiger partial charge is 0.337 e. The molecule has 0 fully saturated rings. The minimum atomic E-state index is -0.963. The molecule has 0 aromatic rings. The second-order valence-electron chi connectivity index (χ2n) is 4.12. The maximum atomic E-state index is 10.8. The first-order chi connectivity index (χ1) is 7.38. The number of hydrogen-bond acceptors (Lipinski definition) is 3. The van der Waals surface area contributed by atoms with Crippen LogP contribution >= 0.6 is 0 Å². The van der Waals surface area contributed by atoms with Gasteiger partial charge in [0, 0.05) is 13.7 Å². The van der Waals surface area contributed by atoms with E-state index < -0.39 is 12.1 Å². The van der Waals surface area contributed by atoms with E-state index in [1.807, 2.05) is 27.1 Å². The Bertz CT molecular complexity index is 293. The van der Waals surface area contributed by atoms with Crippen molar-refractivity contribution in [2.45, 2.75) is 20.0 Å². The molecule has 0 aliphatic heterocycles. The van der Waals surface area contributed by atoms with Gasteiger partial charge in [0.1, 0.15) is 0 Å². The monoisotopic (exact) mass is 227 g/mol. The van der Waals surface area contributed by atoms with Crippen LogP contribution in [0.5, 0.6) is 0 Å². The highest BCUT2D eigenvalue weighted by Gasteiger charge is 2.17. The predicted octanol–water partition coefficient (Wildman–Crippen LogP) is 1.54. The van der Waals surface area contributed by atoms with E-state index in [2.05, 4.69) is 4.90 Å². The SMILES string of the molecule is COC(C(=O)O)/C(C)=C/C=C(\C)CN(C)C. The van der Waals surface area contributed by atoms with Crippen LogP contribution in [0.2, 0.25) is 0 Å². The van der Waals surface area contributed by atoms with Crippen LogP contribution in [0.1, 0.15) is 13.8 Å². The van der Waals surface area contributed by atoms with Crippen molar-refractivity contribution in [1.29, 1.82) is 0 Å². The van der Waals surface area contributed by atoms with Gasteiger partial charge in [0.25, 0.3) is 0 Å². The zero-order valence-corrected chi connectivity index (χ0v) is 10.7. The Hall–Kier alpha value is -1.13. The molecule has 0 amide bonds. The molecule has 0 rings (SSSR count). The molecule has 92 valence electrons. The largest absolute Gasteiger partial charge is 0.479 e. The molecule has 0 saturated carbocycles. The number of hydrogen-bond donors (Lipinski definition) is 1. The van der Waals surface area contributed by atoms with E-state index in [0.717, 1.165) is 6.54 Å². The average molecular weight is 227 g/mol. The van der Waals surface area contributed by atoms with E-state index in [1.54, 1.807) is 13.0 Å². The van der Waals surface area contributed by atoms with Crippen LogP contribution in [-0.4, -0.2) is 49.8 Å². The zero-order chi connectivity index (χ0) is 12.7. The van der Waals surface area contributed by atoms with Gasteiger partial charge in [0.05, 0.1) is 0 Å². The fraction of sp³-hybridized carbons (Fsp3) is 0.583. The van der Waals surface area contributed by atoms with Gasteiger partial charge in [-0.1, -0.05) is 17.7 Å². The molecular formula is C12H21NO3. The first-order valence-corrected chi connectivity index (χ1v) is 5.12. The molecule has 0 aliphatic carbocycles. The summed E-state index contributed by atoms with van der Waals surface area (Å²) in [4.78, 5) is 12.9. The molecule has 0 saturated heterocycles. The van der Waals surface area contributed by atoms with Gasteiger partial charge in [-0.05, 0) is 33.5 Å². The van der Waals surface area contributed by atoms with Crippen molar-refractivity contribution in [2.24, 2.45) is 0 Å². The lowest BCUT2D eigenvalue weighted by molar-refractivity contribution is -0.146. The van der Waals surface area contributed by atoms with E-state index in [-0.39, 0.29) is 0 Å². The minimum absolute atomic E-state index is 0.688. The average Bonchev–Trinajstić information content (AvgIpc) is 2.14. The first-order valence-electron chi connectivity index (χ1n) is 5.12. The van der Waals surface area contributed by atoms with E-state index >= 15 is 0 Å². The molecule has 0 bridgehead atoms. The van der Waals surface area contributed by atoms with Crippen LogP contribution < -0.4 is 0 Å². The molecular weight excluding hydrogens is 206 g/mol. The predicted molar refractivity (Wildman–Crippen MR) is 64.5 cm³/mol. The molecule has 0 radical (unpaired) electrons. The Kier molecular flexibility index (Phi) is 6.69. The third kappa shape index (κ3) is 5.68. The molecule has 0 spiro atoms. The van der Waals surface area contributed by atoms with Gasteiger partial charge in [-0.25, -0.2) is 4.79 Å². The van der Waals surface area contributed by atoms with Gasteiger partial charge in [0.15, 0.2) is 6.10 Å². The van der Waals surface area contributed by atoms with Crippen molar-refractivity contribution < 1.29 is 14.6 Å². The number of carbonyl (C=O) groups is 1. The third-order valence-corrected chi connectivity index (χ3v) is 2.07. The first kappa shape index (κ1) is 14.9. The number of carboxylic acids is 1. The molecule has 0 aliphatic rings. The summed E-state index contributed by atoms with van der Waals surface area (Å²) in [5, 5.41) is 8.86. The molecule has 4 heteroatoms. The zero-order valence-electron chi connectivity index (χ0n) is 10.7. The quantitative estimate of drug-likeness (QED) is 0.699. The van der Waals surface area contributed by atoms with Crippen molar-refractivity contribution in [2.75, 3.05) is 27.7 Å². The van der Waals surface area contributed by atoms with Crippen molar-refractivity contribution in [3.05, 3.63) is 23.3 Å². The van der Waals surface area contributed by atoms with E-state index in [9.17, 15) is 4.79 Å². The normalized spacial score (nSPS) is 15.4. The second kappa shape index (κ2) is 7.19. The fourth-order valence-electron chi connectivity index (χ4n) is 1.39. The van der Waals surface area contributed by atoms with Crippen LogP contribution in [0.3, 0.4) is 0 Å². The lowest BCUT2D eigenvalue weighted by Crippen LogP contribution is -2.23.